The average molecular weight is 267 g/mol. The van der Waals surface area contributed by atoms with E-state index in [0.717, 1.165) is 12.8 Å². The fourth-order valence-electron chi connectivity index (χ4n) is 1.20. The van der Waals surface area contributed by atoms with Crippen LogP contribution in [0.25, 0.3) is 0 Å². The molecule has 0 aromatic heterocycles. The summed E-state index contributed by atoms with van der Waals surface area (Å²) in [4.78, 5) is 22.6. The Labute approximate surface area is 111 Å². The molecule has 0 saturated carbocycles. The normalized spacial score (nSPS) is 9.74. The molecule has 0 saturated heterocycles. The van der Waals surface area contributed by atoms with Crippen LogP contribution in [0.4, 0.5) is 4.79 Å². The molecule has 0 atom stereocenters. The highest BCUT2D eigenvalue weighted by Gasteiger charge is 2.07. The fourth-order valence-corrected chi connectivity index (χ4v) is 1.20. The summed E-state index contributed by atoms with van der Waals surface area (Å²) in [6, 6.07) is 5.61. The highest BCUT2D eigenvalue weighted by atomic mass is 16.6. The minimum atomic E-state index is -0.619. The minimum absolute atomic E-state index is 0.0641. The number of carbonyl (C=O) groups is 2. The van der Waals surface area contributed by atoms with Crippen molar-refractivity contribution in [2.45, 2.75) is 19.8 Å². The molecule has 0 bridgehead atoms. The number of phenolic OH excluding ortho intramolecular Hbond substituents is 1. The molecule has 0 unspecified atom stereocenters. The molecular weight excluding hydrogens is 250 g/mol. The van der Waals surface area contributed by atoms with Gasteiger partial charge in [-0.1, -0.05) is 13.3 Å². The van der Waals surface area contributed by atoms with Gasteiger partial charge in [0.25, 0.3) is 0 Å². The lowest BCUT2D eigenvalue weighted by Crippen LogP contribution is -2.28. The molecule has 6 heteroatoms. The second-order valence-electron chi connectivity index (χ2n) is 3.79. The summed E-state index contributed by atoms with van der Waals surface area (Å²) >= 11 is 0. The highest BCUT2D eigenvalue weighted by molar-refractivity contribution is 5.89. The number of rotatable bonds is 6. The number of aromatic hydroxyl groups is 1. The number of esters is 1. The number of carbonyl (C=O) groups excluding carboxylic acids is 2. The maximum Gasteiger partial charge on any atom is 0.409 e. The molecule has 1 aromatic carbocycles. The zero-order valence-corrected chi connectivity index (χ0v) is 10.7. The molecule has 1 rings (SSSR count). The van der Waals surface area contributed by atoms with Gasteiger partial charge in [0.2, 0.25) is 0 Å². The van der Waals surface area contributed by atoms with Crippen molar-refractivity contribution in [1.29, 1.82) is 0 Å². The van der Waals surface area contributed by atoms with E-state index in [2.05, 4.69) is 5.32 Å². The van der Waals surface area contributed by atoms with Gasteiger partial charge < -0.3 is 14.6 Å². The summed E-state index contributed by atoms with van der Waals surface area (Å²) in [5.41, 5.74) is 0.291. The lowest BCUT2D eigenvalue weighted by Gasteiger charge is -2.07. The third-order valence-corrected chi connectivity index (χ3v) is 2.25. The summed E-state index contributed by atoms with van der Waals surface area (Å²) in [6.07, 6.45) is 1.11. The van der Waals surface area contributed by atoms with Crippen LogP contribution in [-0.4, -0.2) is 30.5 Å². The van der Waals surface area contributed by atoms with Gasteiger partial charge in [0.05, 0.1) is 12.2 Å². The van der Waals surface area contributed by atoms with E-state index < -0.39 is 12.1 Å². The molecule has 1 aromatic rings. The number of unbranched alkanes of at least 4 members (excludes halogenated alkanes) is 1. The Balaban J connectivity index is 2.23. The Bertz CT molecular complexity index is 416. The zero-order chi connectivity index (χ0) is 14.1. The lowest BCUT2D eigenvalue weighted by atomic mass is 10.2. The summed E-state index contributed by atoms with van der Waals surface area (Å²) in [5.74, 6) is -0.525. The van der Waals surface area contributed by atoms with Crippen molar-refractivity contribution in [3.8, 4) is 5.75 Å². The van der Waals surface area contributed by atoms with Crippen LogP contribution in [0.3, 0.4) is 0 Å². The van der Waals surface area contributed by atoms with Gasteiger partial charge >= 0.3 is 12.1 Å². The van der Waals surface area contributed by atoms with Gasteiger partial charge in [-0.05, 0) is 30.7 Å². The summed E-state index contributed by atoms with van der Waals surface area (Å²) in [6.45, 7) is 2.07. The van der Waals surface area contributed by atoms with Crippen molar-refractivity contribution in [2.24, 2.45) is 0 Å². The van der Waals surface area contributed by atoms with Crippen LogP contribution in [0, 0.1) is 0 Å². The Hall–Kier alpha value is -2.24. The second kappa shape index (κ2) is 7.97. The predicted octanol–water partition coefficient (Wildman–Crippen LogP) is 2.03. The third kappa shape index (κ3) is 5.76. The Morgan fingerprint density at radius 3 is 2.53 bits per heavy atom. The van der Waals surface area contributed by atoms with E-state index in [-0.39, 0.29) is 12.5 Å². The maximum absolute atomic E-state index is 11.5. The van der Waals surface area contributed by atoms with Crippen LogP contribution in [0.15, 0.2) is 24.3 Å². The van der Waals surface area contributed by atoms with E-state index in [0.29, 0.717) is 12.2 Å². The largest absolute Gasteiger partial charge is 0.508 e. The summed E-state index contributed by atoms with van der Waals surface area (Å²) < 4.78 is 9.62. The molecule has 6 nitrogen and oxygen atoms in total. The van der Waals surface area contributed by atoms with Crippen molar-refractivity contribution in [3.63, 3.8) is 0 Å². The second-order valence-corrected chi connectivity index (χ2v) is 3.79. The molecule has 2 N–H and O–H groups in total. The summed E-state index contributed by atoms with van der Waals surface area (Å²) in [7, 11) is 0. The van der Waals surface area contributed by atoms with Crippen LogP contribution in [0.2, 0.25) is 0 Å². The van der Waals surface area contributed by atoms with Gasteiger partial charge in [0.15, 0.2) is 6.73 Å². The van der Waals surface area contributed by atoms with E-state index in [4.69, 9.17) is 14.6 Å². The molecule has 0 heterocycles. The fraction of sp³-hybridized carbons (Fsp3) is 0.385. The van der Waals surface area contributed by atoms with Crippen molar-refractivity contribution in [2.75, 3.05) is 13.3 Å². The van der Waals surface area contributed by atoms with Gasteiger partial charge in [-0.3, -0.25) is 5.32 Å². The van der Waals surface area contributed by atoms with Gasteiger partial charge in [0, 0.05) is 0 Å². The van der Waals surface area contributed by atoms with Crippen molar-refractivity contribution in [1.82, 2.24) is 5.32 Å². The first-order chi connectivity index (χ1) is 9.13. The number of nitrogens with one attached hydrogen (secondary N) is 1. The van der Waals surface area contributed by atoms with E-state index >= 15 is 0 Å². The van der Waals surface area contributed by atoms with Crippen molar-refractivity contribution >= 4 is 12.1 Å². The first kappa shape index (κ1) is 14.8. The molecule has 0 aliphatic rings. The maximum atomic E-state index is 11.5. The Morgan fingerprint density at radius 2 is 1.89 bits per heavy atom. The van der Waals surface area contributed by atoms with Crippen molar-refractivity contribution in [3.05, 3.63) is 29.8 Å². The molecule has 1 amide bonds. The van der Waals surface area contributed by atoms with E-state index in [1.807, 2.05) is 6.92 Å². The molecule has 104 valence electrons. The van der Waals surface area contributed by atoms with Crippen LogP contribution < -0.4 is 5.32 Å². The van der Waals surface area contributed by atoms with Gasteiger partial charge in [0.1, 0.15) is 5.75 Å². The Kier molecular flexibility index (Phi) is 6.21. The topological polar surface area (TPSA) is 84.9 Å². The Morgan fingerprint density at radius 1 is 1.21 bits per heavy atom. The quantitative estimate of drug-likeness (QED) is 0.468. The van der Waals surface area contributed by atoms with Gasteiger partial charge in [-0.2, -0.15) is 0 Å². The van der Waals surface area contributed by atoms with E-state index in [9.17, 15) is 9.59 Å². The molecule has 0 radical (unpaired) electrons. The monoisotopic (exact) mass is 267 g/mol. The molecule has 0 fully saturated rings. The number of ether oxygens (including phenoxy) is 2. The highest BCUT2D eigenvalue weighted by Crippen LogP contribution is 2.10. The standard InChI is InChI=1S/C13H17NO5/c1-2-3-8-18-13(17)14-9-19-12(16)10-4-6-11(15)7-5-10/h4-7,15H,2-3,8-9H2,1H3,(H,14,17). The molecule has 0 aliphatic carbocycles. The SMILES string of the molecule is CCCCOC(=O)NCOC(=O)c1ccc(O)cc1. The summed E-state index contributed by atoms with van der Waals surface area (Å²) in [5, 5.41) is 11.4. The number of alkyl carbamates (subject to hydrolysis) is 1. The van der Waals surface area contributed by atoms with Crippen LogP contribution >= 0.6 is 0 Å². The third-order valence-electron chi connectivity index (χ3n) is 2.25. The van der Waals surface area contributed by atoms with Crippen LogP contribution in [0.5, 0.6) is 5.75 Å². The smallest absolute Gasteiger partial charge is 0.409 e. The van der Waals surface area contributed by atoms with Crippen molar-refractivity contribution < 1.29 is 24.2 Å². The van der Waals surface area contributed by atoms with Gasteiger partial charge in [-0.25, -0.2) is 9.59 Å². The van der Waals surface area contributed by atoms with E-state index in [1.54, 1.807) is 0 Å². The van der Waals surface area contributed by atoms with Gasteiger partial charge in [-0.15, -0.1) is 0 Å². The first-order valence-electron chi connectivity index (χ1n) is 6.00. The van der Waals surface area contributed by atoms with Crippen LogP contribution in [-0.2, 0) is 9.47 Å². The molecule has 0 spiro atoms. The van der Waals surface area contributed by atoms with Crippen LogP contribution in [0.1, 0.15) is 30.1 Å². The lowest BCUT2D eigenvalue weighted by molar-refractivity contribution is 0.0463. The zero-order valence-electron chi connectivity index (χ0n) is 10.7. The molecule has 19 heavy (non-hydrogen) atoms. The average Bonchev–Trinajstić information content (AvgIpc) is 2.39. The number of amides is 1. The molecular formula is C13H17NO5. The number of phenols is 1. The van der Waals surface area contributed by atoms with E-state index in [1.165, 1.54) is 24.3 Å². The predicted molar refractivity (Wildman–Crippen MR) is 67.8 cm³/mol. The minimum Gasteiger partial charge on any atom is -0.508 e. The number of benzene rings is 1. The first-order valence-corrected chi connectivity index (χ1v) is 6.00. The number of hydrogen-bond donors (Lipinski definition) is 2. The molecule has 0 aliphatic heterocycles. The number of hydrogen-bond acceptors (Lipinski definition) is 5.